The van der Waals surface area contributed by atoms with Gasteiger partial charge in [-0.2, -0.15) is 4.73 Å². The predicted octanol–water partition coefficient (Wildman–Crippen LogP) is 4.80. The zero-order chi connectivity index (χ0) is 22.1. The SMILES string of the molecule is CCc1cc(-c2nc3ccc([N+](=O)[O-])cc3n2O)ccc1NC(=O)c1ccc(F)cc1. The van der Waals surface area contributed by atoms with E-state index < -0.39 is 10.7 Å². The number of carbonyl (C=O) groups excluding carboxylic acids is 1. The number of nitrogens with zero attached hydrogens (tertiary/aromatic N) is 3. The van der Waals surface area contributed by atoms with Gasteiger partial charge in [0.2, 0.25) is 0 Å². The fourth-order valence-corrected chi connectivity index (χ4v) is 3.29. The van der Waals surface area contributed by atoms with Crippen molar-refractivity contribution in [1.29, 1.82) is 0 Å². The third kappa shape index (κ3) is 3.80. The molecule has 0 bridgehead atoms. The quantitative estimate of drug-likeness (QED) is 0.274. The van der Waals surface area contributed by atoms with Crippen LogP contribution in [0.25, 0.3) is 22.4 Å². The minimum atomic E-state index is -0.542. The molecule has 1 aromatic heterocycles. The number of anilines is 1. The fraction of sp³-hybridized carbons (Fsp3) is 0.0909. The monoisotopic (exact) mass is 420 g/mol. The Balaban J connectivity index is 1.68. The Morgan fingerprint density at radius 3 is 2.58 bits per heavy atom. The number of aryl methyl sites for hydroxylation is 1. The van der Waals surface area contributed by atoms with Gasteiger partial charge < -0.3 is 10.5 Å². The molecule has 2 N–H and O–H groups in total. The summed E-state index contributed by atoms with van der Waals surface area (Å²) in [5.41, 5.74) is 2.76. The molecule has 0 aliphatic heterocycles. The van der Waals surface area contributed by atoms with E-state index in [0.29, 0.717) is 28.8 Å². The highest BCUT2D eigenvalue weighted by Gasteiger charge is 2.17. The van der Waals surface area contributed by atoms with Crippen molar-refractivity contribution < 1.29 is 19.3 Å². The van der Waals surface area contributed by atoms with E-state index >= 15 is 0 Å². The Morgan fingerprint density at radius 1 is 1.16 bits per heavy atom. The van der Waals surface area contributed by atoms with Gasteiger partial charge in [0.05, 0.1) is 10.4 Å². The molecule has 0 aliphatic rings. The first-order valence-electron chi connectivity index (χ1n) is 9.43. The topological polar surface area (TPSA) is 110 Å². The molecule has 0 saturated carbocycles. The molecule has 0 atom stereocenters. The Morgan fingerprint density at radius 2 is 1.90 bits per heavy atom. The van der Waals surface area contributed by atoms with E-state index in [1.807, 2.05) is 6.92 Å². The smallest absolute Gasteiger partial charge is 0.271 e. The summed E-state index contributed by atoms with van der Waals surface area (Å²) < 4.78 is 13.9. The molecular weight excluding hydrogens is 403 g/mol. The summed E-state index contributed by atoms with van der Waals surface area (Å²) in [6.07, 6.45) is 0.587. The summed E-state index contributed by atoms with van der Waals surface area (Å²) in [6, 6.07) is 14.4. The zero-order valence-electron chi connectivity index (χ0n) is 16.4. The Bertz CT molecular complexity index is 1320. The number of hydrogen-bond donors (Lipinski definition) is 2. The number of non-ortho nitro benzene ring substituents is 1. The van der Waals surface area contributed by atoms with Gasteiger partial charge in [-0.1, -0.05) is 6.92 Å². The van der Waals surface area contributed by atoms with Gasteiger partial charge in [-0.25, -0.2) is 9.37 Å². The molecule has 156 valence electrons. The first-order chi connectivity index (χ1) is 14.9. The van der Waals surface area contributed by atoms with Gasteiger partial charge in [0.1, 0.15) is 11.3 Å². The summed E-state index contributed by atoms with van der Waals surface area (Å²) in [5, 5.41) is 24.3. The number of fused-ring (bicyclic) bond motifs is 1. The van der Waals surface area contributed by atoms with Crippen molar-refractivity contribution in [2.45, 2.75) is 13.3 Å². The lowest BCUT2D eigenvalue weighted by molar-refractivity contribution is -0.384. The Hall–Kier alpha value is -4.27. The lowest BCUT2D eigenvalue weighted by Gasteiger charge is -2.12. The number of benzene rings is 3. The molecule has 4 aromatic rings. The van der Waals surface area contributed by atoms with Gasteiger partial charge in [-0.3, -0.25) is 14.9 Å². The maximum absolute atomic E-state index is 13.1. The number of hydrogen-bond acceptors (Lipinski definition) is 5. The number of nitro benzene ring substituents is 1. The highest BCUT2D eigenvalue weighted by molar-refractivity contribution is 6.04. The highest BCUT2D eigenvalue weighted by atomic mass is 19.1. The van der Waals surface area contributed by atoms with Crippen LogP contribution in [0.15, 0.2) is 60.7 Å². The van der Waals surface area contributed by atoms with Crippen LogP contribution in [-0.4, -0.2) is 25.8 Å². The number of aromatic nitrogens is 2. The second kappa shape index (κ2) is 7.86. The van der Waals surface area contributed by atoms with Gasteiger partial charge in [-0.15, -0.1) is 0 Å². The summed E-state index contributed by atoms with van der Waals surface area (Å²) in [5.74, 6) is -0.571. The lowest BCUT2D eigenvalue weighted by Crippen LogP contribution is -2.13. The van der Waals surface area contributed by atoms with Crippen molar-refractivity contribution in [3.63, 3.8) is 0 Å². The second-order valence-corrected chi connectivity index (χ2v) is 6.86. The number of imidazole rings is 1. The first-order valence-corrected chi connectivity index (χ1v) is 9.43. The number of amides is 1. The number of carbonyl (C=O) groups is 1. The van der Waals surface area contributed by atoms with Crippen molar-refractivity contribution in [2.24, 2.45) is 0 Å². The molecule has 1 heterocycles. The van der Waals surface area contributed by atoms with Crippen LogP contribution in [0.3, 0.4) is 0 Å². The van der Waals surface area contributed by atoms with E-state index in [0.717, 1.165) is 10.3 Å². The van der Waals surface area contributed by atoms with Crippen LogP contribution in [0, 0.1) is 15.9 Å². The molecule has 31 heavy (non-hydrogen) atoms. The largest absolute Gasteiger partial charge is 0.426 e. The zero-order valence-corrected chi connectivity index (χ0v) is 16.4. The summed E-state index contributed by atoms with van der Waals surface area (Å²) in [7, 11) is 0. The van der Waals surface area contributed by atoms with Crippen LogP contribution in [-0.2, 0) is 6.42 Å². The summed E-state index contributed by atoms with van der Waals surface area (Å²) in [4.78, 5) is 27.3. The molecule has 9 heteroatoms. The maximum Gasteiger partial charge on any atom is 0.271 e. The fourth-order valence-electron chi connectivity index (χ4n) is 3.29. The summed E-state index contributed by atoms with van der Waals surface area (Å²) in [6.45, 7) is 1.91. The van der Waals surface area contributed by atoms with E-state index in [9.17, 15) is 24.5 Å². The molecule has 0 unspecified atom stereocenters. The van der Waals surface area contributed by atoms with E-state index in [-0.39, 0.29) is 22.9 Å². The van der Waals surface area contributed by atoms with Gasteiger partial charge in [0.25, 0.3) is 11.6 Å². The Labute approximate surface area is 175 Å². The molecule has 0 fully saturated rings. The Kier molecular flexibility index (Phi) is 5.08. The van der Waals surface area contributed by atoms with Crippen LogP contribution in [0.4, 0.5) is 15.8 Å². The van der Waals surface area contributed by atoms with E-state index in [4.69, 9.17) is 0 Å². The van der Waals surface area contributed by atoms with Gasteiger partial charge in [-0.05, 0) is 60.5 Å². The van der Waals surface area contributed by atoms with Crippen molar-refractivity contribution in [2.75, 3.05) is 5.32 Å². The molecule has 0 spiro atoms. The molecule has 4 rings (SSSR count). The lowest BCUT2D eigenvalue weighted by atomic mass is 10.1. The normalized spacial score (nSPS) is 10.9. The van der Waals surface area contributed by atoms with E-state index in [2.05, 4.69) is 10.3 Å². The third-order valence-electron chi connectivity index (χ3n) is 4.92. The van der Waals surface area contributed by atoms with Gasteiger partial charge in [0.15, 0.2) is 5.82 Å². The average molecular weight is 420 g/mol. The molecule has 0 radical (unpaired) electrons. The molecule has 8 nitrogen and oxygen atoms in total. The minimum absolute atomic E-state index is 0.151. The molecule has 0 saturated heterocycles. The minimum Gasteiger partial charge on any atom is -0.426 e. The van der Waals surface area contributed by atoms with Crippen LogP contribution in [0.1, 0.15) is 22.8 Å². The maximum atomic E-state index is 13.1. The second-order valence-electron chi connectivity index (χ2n) is 6.86. The van der Waals surface area contributed by atoms with Crippen molar-refractivity contribution >= 4 is 28.3 Å². The van der Waals surface area contributed by atoms with Crippen LogP contribution >= 0.6 is 0 Å². The van der Waals surface area contributed by atoms with Crippen molar-refractivity contribution in [1.82, 2.24) is 9.71 Å². The van der Waals surface area contributed by atoms with Crippen LogP contribution in [0.5, 0.6) is 0 Å². The molecule has 1 amide bonds. The van der Waals surface area contributed by atoms with Crippen molar-refractivity contribution in [3.05, 3.63) is 87.7 Å². The van der Waals surface area contributed by atoms with Crippen LogP contribution in [0.2, 0.25) is 0 Å². The van der Waals surface area contributed by atoms with E-state index in [1.165, 1.54) is 42.5 Å². The molecule has 0 aliphatic carbocycles. The number of rotatable bonds is 5. The standard InChI is InChI=1S/C22H17FN4O4/c1-2-13-11-15(5-9-18(13)25-22(28)14-3-6-16(23)7-4-14)21-24-19-10-8-17(27(30)31)12-20(19)26(21)29/h3-12,29H,2H2,1H3,(H,25,28). The molecule has 3 aromatic carbocycles. The molecular formula is C22H17FN4O4. The highest BCUT2D eigenvalue weighted by Crippen LogP contribution is 2.29. The van der Waals surface area contributed by atoms with Gasteiger partial charge >= 0.3 is 0 Å². The number of halogens is 1. The number of nitrogens with one attached hydrogen (secondary N) is 1. The summed E-state index contributed by atoms with van der Waals surface area (Å²) >= 11 is 0. The van der Waals surface area contributed by atoms with Crippen molar-refractivity contribution in [3.8, 4) is 11.4 Å². The third-order valence-corrected chi connectivity index (χ3v) is 4.92. The van der Waals surface area contributed by atoms with E-state index in [1.54, 1.807) is 18.2 Å². The van der Waals surface area contributed by atoms with Crippen LogP contribution < -0.4 is 5.32 Å². The first kappa shape index (κ1) is 20.0. The van der Waals surface area contributed by atoms with Gasteiger partial charge in [0, 0.05) is 28.9 Å². The average Bonchev–Trinajstić information content (AvgIpc) is 3.10. The number of nitro groups is 1. The predicted molar refractivity (Wildman–Crippen MR) is 113 cm³/mol.